The van der Waals surface area contributed by atoms with Crippen LogP contribution in [0.25, 0.3) is 22.2 Å². The number of anilines is 2. The van der Waals surface area contributed by atoms with Crippen molar-refractivity contribution in [2.24, 2.45) is 5.73 Å². The van der Waals surface area contributed by atoms with Crippen LogP contribution in [0.1, 0.15) is 73.9 Å². The van der Waals surface area contributed by atoms with Gasteiger partial charge in [0.15, 0.2) is 11.4 Å². The van der Waals surface area contributed by atoms with Gasteiger partial charge in [0, 0.05) is 37.9 Å². The SMILES string of the molecule is CCn1nc(C)cc1C(=O)Nc1nc2cc(C(C)=O)ccc2n1C/C=C/Cn1c(NC(=O)c2cc(C)nn2CC)nc2cc(C(N)=O)cnc21. The quantitative estimate of drug-likeness (QED) is 0.127. The minimum absolute atomic E-state index is 0.101. The molecule has 0 aliphatic rings. The van der Waals surface area contributed by atoms with Crippen molar-refractivity contribution in [3.05, 3.63) is 88.6 Å². The highest BCUT2D eigenvalue weighted by Gasteiger charge is 2.21. The van der Waals surface area contributed by atoms with E-state index in [4.69, 9.17) is 5.73 Å². The van der Waals surface area contributed by atoms with Crippen LogP contribution in [0.5, 0.6) is 0 Å². The molecule has 0 saturated heterocycles. The summed E-state index contributed by atoms with van der Waals surface area (Å²) in [4.78, 5) is 64.3. The Labute approximate surface area is 286 Å². The Morgan fingerprint density at radius 2 is 1.30 bits per heavy atom. The van der Waals surface area contributed by atoms with Gasteiger partial charge in [-0.3, -0.25) is 43.7 Å². The van der Waals surface area contributed by atoms with Gasteiger partial charge in [-0.2, -0.15) is 10.2 Å². The topological polar surface area (TPSA) is 203 Å². The van der Waals surface area contributed by atoms with Crippen molar-refractivity contribution in [3.8, 4) is 0 Å². The number of hydrogen-bond acceptors (Lipinski definition) is 9. The molecule has 256 valence electrons. The Kier molecular flexibility index (Phi) is 9.08. The molecular weight excluding hydrogens is 640 g/mol. The van der Waals surface area contributed by atoms with Gasteiger partial charge in [0.1, 0.15) is 16.9 Å². The first-order valence-corrected chi connectivity index (χ1v) is 16.0. The number of primary amides is 1. The Bertz CT molecular complexity index is 2180. The van der Waals surface area contributed by atoms with Gasteiger partial charge in [0.2, 0.25) is 17.8 Å². The molecule has 1 aromatic carbocycles. The number of imidazole rings is 2. The van der Waals surface area contributed by atoms with Gasteiger partial charge in [0.25, 0.3) is 11.8 Å². The maximum absolute atomic E-state index is 13.4. The number of Topliss-reactive ketones (excluding diaryl/α,β-unsaturated/α-hetero) is 1. The fraction of sp³-hybridized carbons (Fsp3) is 0.265. The molecule has 5 aromatic heterocycles. The molecule has 0 unspecified atom stereocenters. The highest BCUT2D eigenvalue weighted by Crippen LogP contribution is 2.24. The van der Waals surface area contributed by atoms with Gasteiger partial charge in [-0.25, -0.2) is 15.0 Å². The number of ketones is 1. The molecule has 0 fully saturated rings. The first kappa shape index (κ1) is 33.5. The van der Waals surface area contributed by atoms with Crippen LogP contribution in [0.2, 0.25) is 0 Å². The van der Waals surface area contributed by atoms with Crippen LogP contribution in [0.15, 0.2) is 54.7 Å². The first-order chi connectivity index (χ1) is 24.0. The van der Waals surface area contributed by atoms with Crippen LogP contribution in [-0.2, 0) is 26.2 Å². The fourth-order valence-electron chi connectivity index (χ4n) is 5.67. The average Bonchev–Trinajstić information content (AvgIpc) is 3.84. The van der Waals surface area contributed by atoms with Crippen LogP contribution in [0.3, 0.4) is 0 Å². The number of carbonyl (C=O) groups excluding carboxylic acids is 4. The van der Waals surface area contributed by atoms with Gasteiger partial charge in [-0.15, -0.1) is 0 Å². The Hall–Kier alpha value is -6.45. The lowest BCUT2D eigenvalue weighted by Gasteiger charge is -2.10. The van der Waals surface area contributed by atoms with E-state index in [-0.39, 0.29) is 29.7 Å². The molecule has 16 heteroatoms. The zero-order valence-corrected chi connectivity index (χ0v) is 28.3. The molecule has 0 aliphatic heterocycles. The third-order valence-corrected chi connectivity index (χ3v) is 8.09. The normalized spacial score (nSPS) is 11.5. The van der Waals surface area contributed by atoms with Crippen LogP contribution in [0, 0.1) is 13.8 Å². The van der Waals surface area contributed by atoms with Crippen molar-refractivity contribution in [1.82, 2.24) is 43.6 Å². The van der Waals surface area contributed by atoms with Gasteiger partial charge in [0.05, 0.1) is 28.0 Å². The molecule has 5 heterocycles. The molecule has 0 radical (unpaired) electrons. The van der Waals surface area contributed by atoms with E-state index in [1.165, 1.54) is 19.2 Å². The summed E-state index contributed by atoms with van der Waals surface area (Å²) in [5, 5.41) is 14.5. The predicted octanol–water partition coefficient (Wildman–Crippen LogP) is 3.89. The zero-order valence-electron chi connectivity index (χ0n) is 28.3. The predicted molar refractivity (Wildman–Crippen MR) is 186 cm³/mol. The van der Waals surface area contributed by atoms with Crippen LogP contribution >= 0.6 is 0 Å². The van der Waals surface area contributed by atoms with E-state index in [9.17, 15) is 19.2 Å². The lowest BCUT2D eigenvalue weighted by molar-refractivity contribution is 0.0994. The molecule has 0 atom stereocenters. The van der Waals surface area contributed by atoms with Gasteiger partial charge < -0.3 is 10.3 Å². The number of amides is 3. The maximum atomic E-state index is 13.4. The number of hydrogen-bond donors (Lipinski definition) is 3. The van der Waals surface area contributed by atoms with Crippen molar-refractivity contribution in [1.29, 1.82) is 0 Å². The summed E-state index contributed by atoms with van der Waals surface area (Å²) in [6.45, 7) is 10.5. The molecule has 0 bridgehead atoms. The van der Waals surface area contributed by atoms with Crippen LogP contribution < -0.4 is 16.4 Å². The van der Waals surface area contributed by atoms with E-state index in [0.717, 1.165) is 0 Å². The summed E-state index contributed by atoms with van der Waals surface area (Å²) < 4.78 is 6.75. The molecule has 6 aromatic rings. The number of aryl methyl sites for hydroxylation is 4. The molecular formula is C34H36N12O4. The molecule has 3 amide bonds. The van der Waals surface area contributed by atoms with Crippen molar-refractivity contribution in [3.63, 3.8) is 0 Å². The average molecular weight is 677 g/mol. The van der Waals surface area contributed by atoms with Crippen molar-refractivity contribution < 1.29 is 19.2 Å². The van der Waals surface area contributed by atoms with E-state index in [0.29, 0.717) is 76.1 Å². The summed E-state index contributed by atoms with van der Waals surface area (Å²) in [6, 6.07) is 10.1. The third-order valence-electron chi connectivity index (χ3n) is 8.09. The molecule has 0 saturated carbocycles. The summed E-state index contributed by atoms with van der Waals surface area (Å²) >= 11 is 0. The van der Waals surface area contributed by atoms with Crippen molar-refractivity contribution >= 4 is 57.6 Å². The number of fused-ring (bicyclic) bond motifs is 2. The van der Waals surface area contributed by atoms with Crippen molar-refractivity contribution in [2.45, 2.75) is 60.8 Å². The summed E-state index contributed by atoms with van der Waals surface area (Å²) in [5.41, 5.74) is 10.4. The third kappa shape index (κ3) is 6.50. The first-order valence-electron chi connectivity index (χ1n) is 16.0. The number of rotatable bonds is 12. The highest BCUT2D eigenvalue weighted by atomic mass is 16.2. The van der Waals surface area contributed by atoms with Gasteiger partial charge in [-0.05, 0) is 71.0 Å². The van der Waals surface area contributed by atoms with Gasteiger partial charge >= 0.3 is 0 Å². The standard InChI is InChI=1S/C34H36N12O4/c1-6-45-27(14-19(3)41-45)31(49)39-33-37-24-16-22(21(5)47)10-11-26(24)43(33)12-8-9-13-44-30-25(17-23(18-36-30)29(35)48)38-34(44)40-32(50)28-15-20(4)42-46(28)7-2/h8-11,14-18H,6-7,12-13H2,1-5H3,(H2,35,48)(H,37,39,49)(H,38,40,50)/b9-8+. The lowest BCUT2D eigenvalue weighted by atomic mass is 10.1. The number of allylic oxidation sites excluding steroid dienone is 2. The minimum Gasteiger partial charge on any atom is -0.366 e. The Morgan fingerprint density at radius 1 is 0.760 bits per heavy atom. The molecule has 16 nitrogen and oxygen atoms in total. The molecule has 6 rings (SSSR count). The summed E-state index contributed by atoms with van der Waals surface area (Å²) in [6.07, 6.45) is 5.10. The van der Waals surface area contributed by atoms with E-state index in [1.807, 2.05) is 44.4 Å². The Balaban J connectivity index is 1.32. The number of nitrogens with two attached hydrogens (primary N) is 1. The second-order valence-electron chi connectivity index (χ2n) is 11.6. The second-order valence-corrected chi connectivity index (χ2v) is 11.6. The number of nitrogens with one attached hydrogen (secondary N) is 2. The maximum Gasteiger partial charge on any atom is 0.276 e. The van der Waals surface area contributed by atoms with E-state index < -0.39 is 11.8 Å². The molecule has 4 N–H and O–H groups in total. The summed E-state index contributed by atoms with van der Waals surface area (Å²) in [7, 11) is 0. The van der Waals surface area contributed by atoms with Gasteiger partial charge in [-0.1, -0.05) is 12.2 Å². The van der Waals surface area contributed by atoms with Crippen LogP contribution in [0.4, 0.5) is 11.9 Å². The molecule has 50 heavy (non-hydrogen) atoms. The van der Waals surface area contributed by atoms with E-state index >= 15 is 0 Å². The highest BCUT2D eigenvalue weighted by molar-refractivity contribution is 6.04. The monoisotopic (exact) mass is 676 g/mol. The number of pyridine rings is 1. The number of benzene rings is 1. The Morgan fingerprint density at radius 3 is 1.86 bits per heavy atom. The zero-order chi connectivity index (χ0) is 35.7. The van der Waals surface area contributed by atoms with E-state index in [2.05, 4.69) is 35.8 Å². The molecule has 0 aliphatic carbocycles. The van der Waals surface area contributed by atoms with Crippen molar-refractivity contribution in [2.75, 3.05) is 10.6 Å². The number of aromatic nitrogens is 9. The lowest BCUT2D eigenvalue weighted by Crippen LogP contribution is -2.20. The second kappa shape index (κ2) is 13.6. The minimum atomic E-state index is -0.651. The van der Waals surface area contributed by atoms with Crippen LogP contribution in [-0.4, -0.2) is 67.2 Å². The fourth-order valence-corrected chi connectivity index (χ4v) is 5.67. The number of carbonyl (C=O) groups is 4. The van der Waals surface area contributed by atoms with E-state index in [1.54, 1.807) is 44.3 Å². The molecule has 0 spiro atoms. The summed E-state index contributed by atoms with van der Waals surface area (Å²) in [5.74, 6) is -1.02. The largest absolute Gasteiger partial charge is 0.366 e. The smallest absolute Gasteiger partial charge is 0.276 e. The number of nitrogens with zero attached hydrogens (tertiary/aromatic N) is 9.